The number of halogens is 4. The first-order valence-electron chi connectivity index (χ1n) is 6.72. The molecule has 2 heterocycles. The van der Waals surface area contributed by atoms with Gasteiger partial charge in [-0.25, -0.2) is 0 Å². The molecule has 23 heavy (non-hydrogen) atoms. The summed E-state index contributed by atoms with van der Waals surface area (Å²) in [7, 11) is 2.64. The van der Waals surface area contributed by atoms with Crippen LogP contribution in [0.5, 0.6) is 0 Å². The Balaban J connectivity index is 2.18. The predicted octanol–water partition coefficient (Wildman–Crippen LogP) is 2.69. The van der Waals surface area contributed by atoms with Crippen LogP contribution in [0.25, 0.3) is 0 Å². The monoisotopic (exact) mass is 393 g/mol. The molecular formula is C13H15BrF3N5O. The summed E-state index contributed by atoms with van der Waals surface area (Å²) in [5.41, 5.74) is -0.603. The van der Waals surface area contributed by atoms with Gasteiger partial charge in [0, 0.05) is 32.9 Å². The van der Waals surface area contributed by atoms with E-state index in [0.29, 0.717) is 16.9 Å². The summed E-state index contributed by atoms with van der Waals surface area (Å²) in [6.45, 7) is 2.75. The molecule has 0 fully saturated rings. The molecule has 2 aromatic rings. The molecule has 0 unspecified atom stereocenters. The topological polar surface area (TPSA) is 56.0 Å². The van der Waals surface area contributed by atoms with E-state index < -0.39 is 17.8 Å². The highest BCUT2D eigenvalue weighted by molar-refractivity contribution is 9.10. The SMILES string of the molecule is CCn1cc(Br)c(CN(C)C(=O)c2cc(C(F)(F)F)n(C)n2)n1. The van der Waals surface area contributed by atoms with Crippen LogP contribution in [-0.2, 0) is 26.3 Å². The van der Waals surface area contributed by atoms with Gasteiger partial charge in [0.1, 0.15) is 5.69 Å². The second-order valence-corrected chi connectivity index (χ2v) is 5.83. The number of rotatable bonds is 4. The van der Waals surface area contributed by atoms with Crippen molar-refractivity contribution in [1.82, 2.24) is 24.5 Å². The molecule has 0 atom stereocenters. The molecule has 1 amide bonds. The Bertz CT molecular complexity index is 722. The van der Waals surface area contributed by atoms with E-state index in [4.69, 9.17) is 0 Å². The fraction of sp³-hybridized carbons (Fsp3) is 0.462. The lowest BCUT2D eigenvalue weighted by Gasteiger charge is -2.14. The summed E-state index contributed by atoms with van der Waals surface area (Å²) >= 11 is 3.34. The standard InChI is InChI=1S/C13H15BrF3N5O/c1-4-22-6-8(14)10(19-22)7-20(2)12(23)9-5-11(13(15,16)17)21(3)18-9/h5-6H,4,7H2,1-3H3. The average molecular weight is 394 g/mol. The molecule has 0 saturated carbocycles. The fourth-order valence-corrected chi connectivity index (χ4v) is 2.48. The minimum absolute atomic E-state index is 0.157. The van der Waals surface area contributed by atoms with Crippen LogP contribution in [0.4, 0.5) is 13.2 Å². The number of amides is 1. The van der Waals surface area contributed by atoms with Crippen molar-refractivity contribution in [3.05, 3.63) is 33.8 Å². The molecule has 6 nitrogen and oxygen atoms in total. The summed E-state index contributed by atoms with van der Waals surface area (Å²) in [6.07, 6.45) is -2.78. The number of alkyl halides is 3. The second kappa shape index (κ2) is 6.34. The normalized spacial score (nSPS) is 11.8. The number of carbonyl (C=O) groups excluding carboxylic acids is 1. The van der Waals surface area contributed by atoms with Crippen LogP contribution < -0.4 is 0 Å². The molecule has 0 aliphatic rings. The van der Waals surface area contributed by atoms with Gasteiger partial charge in [-0.3, -0.25) is 14.2 Å². The van der Waals surface area contributed by atoms with Gasteiger partial charge < -0.3 is 4.90 Å². The smallest absolute Gasteiger partial charge is 0.334 e. The Morgan fingerprint density at radius 2 is 2.04 bits per heavy atom. The zero-order valence-corrected chi connectivity index (χ0v) is 14.3. The molecule has 126 valence electrons. The van der Waals surface area contributed by atoms with Crippen LogP contribution in [0.3, 0.4) is 0 Å². The number of aromatic nitrogens is 4. The highest BCUT2D eigenvalue weighted by Gasteiger charge is 2.36. The summed E-state index contributed by atoms with van der Waals surface area (Å²) in [5.74, 6) is -0.603. The van der Waals surface area contributed by atoms with E-state index in [1.165, 1.54) is 11.9 Å². The summed E-state index contributed by atoms with van der Waals surface area (Å²) in [4.78, 5) is 13.5. The zero-order chi connectivity index (χ0) is 17.4. The van der Waals surface area contributed by atoms with Crippen molar-refractivity contribution in [2.45, 2.75) is 26.2 Å². The highest BCUT2D eigenvalue weighted by Crippen LogP contribution is 2.29. The molecule has 2 aromatic heterocycles. The first kappa shape index (κ1) is 17.5. The molecule has 0 spiro atoms. The van der Waals surface area contributed by atoms with E-state index in [0.717, 1.165) is 17.6 Å². The van der Waals surface area contributed by atoms with E-state index in [1.54, 1.807) is 10.9 Å². The third-order valence-electron chi connectivity index (χ3n) is 3.23. The third kappa shape index (κ3) is 3.74. The zero-order valence-electron chi connectivity index (χ0n) is 12.7. The molecule has 2 rings (SSSR count). The summed E-state index contributed by atoms with van der Waals surface area (Å²) < 4.78 is 41.4. The Morgan fingerprint density at radius 1 is 1.39 bits per heavy atom. The highest BCUT2D eigenvalue weighted by atomic mass is 79.9. The van der Waals surface area contributed by atoms with Crippen LogP contribution in [0.1, 0.15) is 28.8 Å². The lowest BCUT2D eigenvalue weighted by atomic mass is 10.3. The molecule has 0 aliphatic heterocycles. The average Bonchev–Trinajstić information content (AvgIpc) is 3.01. The van der Waals surface area contributed by atoms with Gasteiger partial charge in [-0.15, -0.1) is 0 Å². The molecule has 0 radical (unpaired) electrons. The maximum absolute atomic E-state index is 12.8. The molecule has 0 N–H and O–H groups in total. The van der Waals surface area contributed by atoms with Gasteiger partial charge in [-0.2, -0.15) is 23.4 Å². The number of nitrogens with zero attached hydrogens (tertiary/aromatic N) is 5. The Morgan fingerprint density at radius 3 is 2.52 bits per heavy atom. The molecule has 0 aromatic carbocycles. The summed E-state index contributed by atoms with van der Waals surface area (Å²) in [6, 6.07) is 0.749. The first-order chi connectivity index (χ1) is 10.6. The molecule has 0 aliphatic carbocycles. The van der Waals surface area contributed by atoms with E-state index in [1.807, 2.05) is 6.92 Å². The number of hydrogen-bond donors (Lipinski definition) is 0. The van der Waals surface area contributed by atoms with Crippen molar-refractivity contribution in [2.75, 3.05) is 7.05 Å². The van der Waals surface area contributed by atoms with Crippen LogP contribution >= 0.6 is 15.9 Å². The van der Waals surface area contributed by atoms with Crippen molar-refractivity contribution in [3.8, 4) is 0 Å². The second-order valence-electron chi connectivity index (χ2n) is 4.98. The van der Waals surface area contributed by atoms with Gasteiger partial charge in [0.25, 0.3) is 5.91 Å². The van der Waals surface area contributed by atoms with E-state index in [2.05, 4.69) is 26.1 Å². The predicted molar refractivity (Wildman–Crippen MR) is 79.6 cm³/mol. The largest absolute Gasteiger partial charge is 0.433 e. The maximum atomic E-state index is 12.8. The van der Waals surface area contributed by atoms with Gasteiger partial charge in [0.05, 0.1) is 16.7 Å². The van der Waals surface area contributed by atoms with E-state index in [-0.39, 0.29) is 12.2 Å². The van der Waals surface area contributed by atoms with Gasteiger partial charge in [-0.1, -0.05) is 0 Å². The van der Waals surface area contributed by atoms with Crippen LogP contribution in [-0.4, -0.2) is 37.4 Å². The van der Waals surface area contributed by atoms with Crippen molar-refractivity contribution >= 4 is 21.8 Å². The molecule has 0 saturated heterocycles. The van der Waals surface area contributed by atoms with Crippen molar-refractivity contribution in [1.29, 1.82) is 0 Å². The lowest BCUT2D eigenvalue weighted by Crippen LogP contribution is -2.27. The molecule has 0 bridgehead atoms. The quantitative estimate of drug-likeness (QED) is 0.802. The number of aryl methyl sites for hydroxylation is 2. The van der Waals surface area contributed by atoms with Crippen LogP contribution in [0.2, 0.25) is 0 Å². The van der Waals surface area contributed by atoms with Crippen LogP contribution in [0.15, 0.2) is 16.7 Å². The maximum Gasteiger partial charge on any atom is 0.433 e. The minimum atomic E-state index is -4.55. The third-order valence-corrected chi connectivity index (χ3v) is 3.90. The molecular weight excluding hydrogens is 379 g/mol. The summed E-state index contributed by atoms with van der Waals surface area (Å²) in [5, 5.41) is 7.93. The first-order valence-corrected chi connectivity index (χ1v) is 7.51. The van der Waals surface area contributed by atoms with E-state index >= 15 is 0 Å². The Hall–Kier alpha value is -1.84. The number of hydrogen-bond acceptors (Lipinski definition) is 3. The van der Waals surface area contributed by atoms with Gasteiger partial charge in [-0.05, 0) is 22.9 Å². The Labute approximate surface area is 139 Å². The van der Waals surface area contributed by atoms with Gasteiger partial charge in [0.2, 0.25) is 0 Å². The van der Waals surface area contributed by atoms with Crippen molar-refractivity contribution in [2.24, 2.45) is 7.05 Å². The lowest BCUT2D eigenvalue weighted by molar-refractivity contribution is -0.143. The van der Waals surface area contributed by atoms with Crippen LogP contribution in [0, 0.1) is 0 Å². The van der Waals surface area contributed by atoms with Gasteiger partial charge in [0.15, 0.2) is 5.69 Å². The Kier molecular flexibility index (Phi) is 4.83. The number of carbonyl (C=O) groups is 1. The van der Waals surface area contributed by atoms with Crippen molar-refractivity contribution < 1.29 is 18.0 Å². The van der Waals surface area contributed by atoms with Crippen molar-refractivity contribution in [3.63, 3.8) is 0 Å². The van der Waals surface area contributed by atoms with Gasteiger partial charge >= 0.3 is 6.18 Å². The molecule has 10 heteroatoms. The fourth-order valence-electron chi connectivity index (χ4n) is 2.04. The van der Waals surface area contributed by atoms with E-state index in [9.17, 15) is 18.0 Å². The minimum Gasteiger partial charge on any atom is -0.334 e.